The van der Waals surface area contributed by atoms with Crippen LogP contribution in [0.5, 0.6) is 0 Å². The number of carbonyl (C=O) groups is 1. The summed E-state index contributed by atoms with van der Waals surface area (Å²) in [6.45, 7) is 0. The van der Waals surface area contributed by atoms with Crippen molar-refractivity contribution in [2.45, 2.75) is 17.5 Å². The number of halogens is 4. The van der Waals surface area contributed by atoms with Crippen molar-refractivity contribution in [1.29, 1.82) is 0 Å². The van der Waals surface area contributed by atoms with Crippen LogP contribution in [0, 0.1) is 0 Å². The molecule has 30 heavy (non-hydrogen) atoms. The first-order valence-corrected chi connectivity index (χ1v) is 10.4. The second-order valence-corrected chi connectivity index (χ2v) is 8.60. The van der Waals surface area contributed by atoms with Gasteiger partial charge >= 0.3 is 12.2 Å². The molecule has 0 aliphatic heterocycles. The van der Waals surface area contributed by atoms with Crippen LogP contribution < -0.4 is 5.32 Å². The first kappa shape index (κ1) is 21.8. The van der Waals surface area contributed by atoms with E-state index in [2.05, 4.69) is 15.5 Å². The summed E-state index contributed by atoms with van der Waals surface area (Å²) < 4.78 is 67.5. The summed E-state index contributed by atoms with van der Waals surface area (Å²) in [7, 11) is -3.70. The molecule has 7 nitrogen and oxygen atoms in total. The van der Waals surface area contributed by atoms with E-state index < -0.39 is 33.2 Å². The van der Waals surface area contributed by atoms with Crippen molar-refractivity contribution < 1.29 is 30.8 Å². The molecule has 1 amide bonds. The zero-order valence-corrected chi connectivity index (χ0v) is 16.6. The number of nitrogens with zero attached hydrogens (tertiary/aromatic N) is 2. The number of carbonyl (C=O) groups excluding carboxylic acids is 1. The molecule has 0 bridgehead atoms. The number of hydrogen-bond acceptors (Lipinski definition) is 6. The lowest BCUT2D eigenvalue weighted by Crippen LogP contribution is -2.17. The zero-order chi connectivity index (χ0) is 21.9. The van der Waals surface area contributed by atoms with Crippen LogP contribution in [0.4, 0.5) is 19.2 Å². The maximum Gasteiger partial charge on any atom is 0.416 e. The van der Waals surface area contributed by atoms with Crippen molar-refractivity contribution in [3.8, 4) is 11.5 Å². The third-order valence-electron chi connectivity index (χ3n) is 3.90. The number of aromatic nitrogens is 2. The van der Waals surface area contributed by atoms with Gasteiger partial charge in [0.15, 0.2) is 9.84 Å². The average Bonchev–Trinajstić information content (AvgIpc) is 3.15. The minimum absolute atomic E-state index is 0.0297. The molecule has 0 unspecified atom stereocenters. The second kappa shape index (κ2) is 8.44. The van der Waals surface area contributed by atoms with Crippen LogP contribution in [0.1, 0.15) is 12.0 Å². The van der Waals surface area contributed by atoms with Gasteiger partial charge in [0.2, 0.25) is 11.8 Å². The van der Waals surface area contributed by atoms with Gasteiger partial charge < -0.3 is 4.42 Å². The Morgan fingerprint density at radius 1 is 1.03 bits per heavy atom. The lowest BCUT2D eigenvalue weighted by Gasteiger charge is -2.06. The quantitative estimate of drug-likeness (QED) is 0.592. The zero-order valence-electron chi connectivity index (χ0n) is 15.0. The van der Waals surface area contributed by atoms with Crippen LogP contribution >= 0.6 is 11.6 Å². The molecular weight excluding hydrogens is 447 g/mol. The highest BCUT2D eigenvalue weighted by atomic mass is 35.5. The van der Waals surface area contributed by atoms with Gasteiger partial charge in [-0.3, -0.25) is 10.1 Å². The Morgan fingerprint density at radius 2 is 1.67 bits per heavy atom. The molecule has 12 heteroatoms. The largest absolute Gasteiger partial charge is 0.416 e. The van der Waals surface area contributed by atoms with E-state index in [0.29, 0.717) is 5.02 Å². The second-order valence-electron chi connectivity index (χ2n) is 6.06. The highest BCUT2D eigenvalue weighted by Crippen LogP contribution is 2.31. The molecule has 0 saturated heterocycles. The standard InChI is InChI=1S/C18H13ClF3N3O4S/c19-13-5-7-14(8-6-13)30(27,28)10-9-15(26)23-17-25-24-16(29-17)11-1-3-12(4-2-11)18(20,21)22/h1-8H,9-10H2,(H,23,25,26). The summed E-state index contributed by atoms with van der Waals surface area (Å²) in [5, 5.41) is 9.87. The van der Waals surface area contributed by atoms with Gasteiger partial charge in [-0.2, -0.15) is 13.2 Å². The molecule has 0 spiro atoms. The van der Waals surface area contributed by atoms with Crippen LogP contribution in [0.25, 0.3) is 11.5 Å². The fourth-order valence-electron chi connectivity index (χ4n) is 2.36. The Labute approximate surface area is 173 Å². The molecule has 0 fully saturated rings. The summed E-state index contributed by atoms with van der Waals surface area (Å²) in [5.74, 6) is -1.25. The van der Waals surface area contributed by atoms with Gasteiger partial charge in [0.05, 0.1) is 16.2 Å². The lowest BCUT2D eigenvalue weighted by atomic mass is 10.1. The van der Waals surface area contributed by atoms with Gasteiger partial charge in [-0.25, -0.2) is 8.42 Å². The number of nitrogens with one attached hydrogen (secondary N) is 1. The van der Waals surface area contributed by atoms with E-state index >= 15 is 0 Å². The molecule has 2 aromatic carbocycles. The van der Waals surface area contributed by atoms with E-state index in [9.17, 15) is 26.4 Å². The van der Waals surface area contributed by atoms with E-state index in [1.807, 2.05) is 0 Å². The van der Waals surface area contributed by atoms with E-state index in [1.54, 1.807) is 0 Å². The van der Waals surface area contributed by atoms with Gasteiger partial charge in [-0.1, -0.05) is 16.7 Å². The Balaban J connectivity index is 1.60. The number of rotatable bonds is 6. The molecule has 0 atom stereocenters. The third kappa shape index (κ3) is 5.36. The fourth-order valence-corrected chi connectivity index (χ4v) is 3.73. The van der Waals surface area contributed by atoms with Gasteiger partial charge in [0.1, 0.15) is 0 Å². The molecule has 3 rings (SSSR count). The van der Waals surface area contributed by atoms with Crippen LogP contribution in [-0.4, -0.2) is 30.3 Å². The summed E-state index contributed by atoms with van der Waals surface area (Å²) in [5.41, 5.74) is -0.609. The number of amides is 1. The Bertz CT molecular complexity index is 1140. The Morgan fingerprint density at radius 3 is 2.27 bits per heavy atom. The Hall–Kier alpha value is -2.92. The van der Waals surface area contributed by atoms with E-state index in [-0.39, 0.29) is 28.8 Å². The normalized spacial score (nSPS) is 12.0. The monoisotopic (exact) mass is 459 g/mol. The van der Waals surface area contributed by atoms with Crippen LogP contribution in [0.2, 0.25) is 5.02 Å². The number of alkyl halides is 3. The number of hydrogen-bond donors (Lipinski definition) is 1. The molecule has 0 aliphatic carbocycles. The van der Waals surface area contributed by atoms with E-state index in [1.165, 1.54) is 24.3 Å². The highest BCUT2D eigenvalue weighted by Gasteiger charge is 2.30. The van der Waals surface area contributed by atoms with Crippen molar-refractivity contribution in [3.05, 3.63) is 59.1 Å². The summed E-state index contributed by atoms with van der Waals surface area (Å²) in [6.07, 6.45) is -4.85. The SMILES string of the molecule is O=C(CCS(=O)(=O)c1ccc(Cl)cc1)Nc1nnc(-c2ccc(C(F)(F)F)cc2)o1. The summed E-state index contributed by atoms with van der Waals surface area (Å²) >= 11 is 5.72. The van der Waals surface area contributed by atoms with Crippen LogP contribution in [0.3, 0.4) is 0 Å². The summed E-state index contributed by atoms with van der Waals surface area (Å²) in [4.78, 5) is 12.0. The maximum atomic E-state index is 12.6. The molecule has 0 aliphatic rings. The highest BCUT2D eigenvalue weighted by molar-refractivity contribution is 7.91. The molecule has 3 aromatic rings. The molecule has 1 heterocycles. The van der Waals surface area contributed by atoms with Crippen molar-refractivity contribution in [3.63, 3.8) is 0 Å². The molecule has 1 N–H and O–H groups in total. The van der Waals surface area contributed by atoms with E-state index in [0.717, 1.165) is 24.3 Å². The molecular formula is C18H13ClF3N3O4S. The molecule has 0 saturated carbocycles. The van der Waals surface area contributed by atoms with Gasteiger partial charge in [0.25, 0.3) is 0 Å². The maximum absolute atomic E-state index is 12.6. The smallest absolute Gasteiger partial charge is 0.403 e. The van der Waals surface area contributed by atoms with Gasteiger partial charge in [0, 0.05) is 17.0 Å². The number of benzene rings is 2. The number of anilines is 1. The fraction of sp³-hybridized carbons (Fsp3) is 0.167. The first-order valence-electron chi connectivity index (χ1n) is 8.34. The van der Waals surface area contributed by atoms with Crippen molar-refractivity contribution in [2.75, 3.05) is 11.1 Å². The predicted octanol–water partition coefficient (Wildman–Crippen LogP) is 4.21. The first-order chi connectivity index (χ1) is 14.0. The van der Waals surface area contributed by atoms with Gasteiger partial charge in [-0.15, -0.1) is 5.10 Å². The van der Waals surface area contributed by atoms with Crippen LogP contribution in [-0.2, 0) is 20.8 Å². The number of sulfone groups is 1. The van der Waals surface area contributed by atoms with Crippen molar-refractivity contribution >= 4 is 33.4 Å². The lowest BCUT2D eigenvalue weighted by molar-refractivity contribution is -0.137. The predicted molar refractivity (Wildman–Crippen MR) is 101 cm³/mol. The minimum atomic E-state index is -4.47. The van der Waals surface area contributed by atoms with Crippen molar-refractivity contribution in [2.24, 2.45) is 0 Å². The van der Waals surface area contributed by atoms with Crippen molar-refractivity contribution in [1.82, 2.24) is 10.2 Å². The topological polar surface area (TPSA) is 102 Å². The van der Waals surface area contributed by atoms with Crippen LogP contribution in [0.15, 0.2) is 57.8 Å². The van der Waals surface area contributed by atoms with E-state index in [4.69, 9.17) is 16.0 Å². The Kier molecular flexibility index (Phi) is 6.13. The molecule has 0 radical (unpaired) electrons. The average molecular weight is 460 g/mol. The summed E-state index contributed by atoms with van der Waals surface area (Å²) in [6, 6.07) is 9.25. The minimum Gasteiger partial charge on any atom is -0.403 e. The molecule has 158 valence electrons. The van der Waals surface area contributed by atoms with Gasteiger partial charge in [-0.05, 0) is 48.5 Å². The third-order valence-corrected chi connectivity index (χ3v) is 5.89. The molecule has 1 aromatic heterocycles.